The van der Waals surface area contributed by atoms with E-state index in [-0.39, 0.29) is 11.7 Å². The summed E-state index contributed by atoms with van der Waals surface area (Å²) in [4.78, 5) is 19.2. The number of likely N-dealkylation sites (tertiary alicyclic amines) is 1. The minimum atomic E-state index is -0.245. The highest BCUT2D eigenvalue weighted by Gasteiger charge is 2.28. The maximum atomic E-state index is 13.1. The molecular weight excluding hydrogens is 387 g/mol. The summed E-state index contributed by atoms with van der Waals surface area (Å²) in [6.45, 7) is 9.05. The van der Waals surface area contributed by atoms with Gasteiger partial charge in [-0.2, -0.15) is 0 Å². The van der Waals surface area contributed by atoms with Gasteiger partial charge in [0.05, 0.1) is 17.1 Å². The second-order valence-corrected chi connectivity index (χ2v) is 9.47. The molecule has 156 valence electrons. The summed E-state index contributed by atoms with van der Waals surface area (Å²) in [6, 6.07) is 10.3. The third-order valence-corrected chi connectivity index (χ3v) is 6.98. The first-order valence-corrected chi connectivity index (χ1v) is 11.3. The summed E-state index contributed by atoms with van der Waals surface area (Å²) < 4.78 is 19.0. The first-order chi connectivity index (χ1) is 14.0. The largest absolute Gasteiger partial charge is 0.373 e. The predicted octanol–water partition coefficient (Wildman–Crippen LogP) is 4.52. The molecule has 29 heavy (non-hydrogen) atoms. The Morgan fingerprint density at radius 2 is 1.72 bits per heavy atom. The molecular formula is C23H29FN2O2S. The van der Waals surface area contributed by atoms with E-state index in [1.807, 2.05) is 17.0 Å². The van der Waals surface area contributed by atoms with Crippen molar-refractivity contribution in [3.63, 3.8) is 0 Å². The zero-order valence-electron chi connectivity index (χ0n) is 17.1. The summed E-state index contributed by atoms with van der Waals surface area (Å²) in [5.41, 5.74) is 0.947. The molecule has 2 atom stereocenters. The maximum absolute atomic E-state index is 13.1. The Morgan fingerprint density at radius 1 is 1.07 bits per heavy atom. The molecule has 2 aliphatic heterocycles. The number of benzene rings is 1. The Balaban J connectivity index is 1.31. The van der Waals surface area contributed by atoms with Gasteiger partial charge in [0, 0.05) is 37.6 Å². The quantitative estimate of drug-likeness (QED) is 0.735. The van der Waals surface area contributed by atoms with Gasteiger partial charge in [0.1, 0.15) is 5.82 Å². The Morgan fingerprint density at radius 3 is 2.38 bits per heavy atom. The number of amides is 1. The van der Waals surface area contributed by atoms with Gasteiger partial charge in [-0.15, -0.1) is 11.3 Å². The van der Waals surface area contributed by atoms with Crippen molar-refractivity contribution in [2.45, 2.75) is 38.9 Å². The number of nitrogens with zero attached hydrogens (tertiary/aromatic N) is 2. The number of ether oxygens (including phenoxy) is 1. The van der Waals surface area contributed by atoms with Crippen molar-refractivity contribution >= 4 is 17.2 Å². The van der Waals surface area contributed by atoms with Gasteiger partial charge in [-0.25, -0.2) is 4.39 Å². The van der Waals surface area contributed by atoms with E-state index in [0.717, 1.165) is 60.9 Å². The SMILES string of the molecule is CC1CN(CC2CCN(C(=O)c3ccc(-c4ccc(F)cc4)s3)CC2)CC(C)O1. The standard InChI is InChI=1S/C23H29FN2O2S/c1-16-13-25(14-17(2)28-16)15-18-9-11-26(12-10-18)23(27)22-8-7-21(29-22)19-3-5-20(24)6-4-19/h3-8,16-18H,9-15H2,1-2H3. The Labute approximate surface area is 176 Å². The van der Waals surface area contributed by atoms with Gasteiger partial charge in [-0.05, 0) is 62.4 Å². The fourth-order valence-electron chi connectivity index (χ4n) is 4.50. The summed E-state index contributed by atoms with van der Waals surface area (Å²) in [5.74, 6) is 0.524. The third-order valence-electron chi connectivity index (χ3n) is 5.86. The van der Waals surface area contributed by atoms with E-state index in [2.05, 4.69) is 18.7 Å². The van der Waals surface area contributed by atoms with Crippen LogP contribution in [0.2, 0.25) is 0 Å². The fraction of sp³-hybridized carbons (Fsp3) is 0.522. The number of hydrogen-bond acceptors (Lipinski definition) is 4. The topological polar surface area (TPSA) is 32.8 Å². The zero-order chi connectivity index (χ0) is 20.4. The minimum absolute atomic E-state index is 0.121. The lowest BCUT2D eigenvalue weighted by atomic mass is 9.95. The summed E-state index contributed by atoms with van der Waals surface area (Å²) in [5, 5.41) is 0. The summed E-state index contributed by atoms with van der Waals surface area (Å²) >= 11 is 1.49. The number of hydrogen-bond donors (Lipinski definition) is 0. The molecule has 4 nitrogen and oxygen atoms in total. The van der Waals surface area contributed by atoms with Crippen molar-refractivity contribution in [1.29, 1.82) is 0 Å². The van der Waals surface area contributed by atoms with Crippen LogP contribution in [-0.2, 0) is 4.74 Å². The molecule has 2 unspecified atom stereocenters. The molecule has 0 bridgehead atoms. The Hall–Kier alpha value is -1.76. The molecule has 3 heterocycles. The summed E-state index contributed by atoms with van der Waals surface area (Å²) in [7, 11) is 0. The van der Waals surface area contributed by atoms with Crippen molar-refractivity contribution in [1.82, 2.24) is 9.80 Å². The minimum Gasteiger partial charge on any atom is -0.373 e. The first-order valence-electron chi connectivity index (χ1n) is 10.5. The molecule has 2 fully saturated rings. The van der Waals surface area contributed by atoms with E-state index in [1.54, 1.807) is 12.1 Å². The van der Waals surface area contributed by atoms with Crippen molar-refractivity contribution in [3.8, 4) is 10.4 Å². The fourth-order valence-corrected chi connectivity index (χ4v) is 5.47. The Kier molecular flexibility index (Phi) is 6.32. The number of morpholine rings is 1. The molecule has 2 aromatic rings. The summed E-state index contributed by atoms with van der Waals surface area (Å²) in [6.07, 6.45) is 2.72. The molecule has 2 saturated heterocycles. The normalized spacial score (nSPS) is 24.0. The van der Waals surface area contributed by atoms with Crippen LogP contribution in [0.4, 0.5) is 4.39 Å². The highest BCUT2D eigenvalue weighted by Crippen LogP contribution is 2.30. The van der Waals surface area contributed by atoms with E-state index >= 15 is 0 Å². The van der Waals surface area contributed by atoms with E-state index in [0.29, 0.717) is 18.1 Å². The molecule has 6 heteroatoms. The monoisotopic (exact) mass is 416 g/mol. The number of halogens is 1. The van der Waals surface area contributed by atoms with Gasteiger partial charge < -0.3 is 9.64 Å². The van der Waals surface area contributed by atoms with Crippen molar-refractivity contribution in [2.24, 2.45) is 5.92 Å². The molecule has 0 spiro atoms. The average molecular weight is 417 g/mol. The molecule has 0 saturated carbocycles. The molecule has 1 amide bonds. The number of carbonyl (C=O) groups excluding carboxylic acids is 1. The number of rotatable bonds is 4. The van der Waals surface area contributed by atoms with Crippen LogP contribution in [0.15, 0.2) is 36.4 Å². The number of thiophene rings is 1. The van der Waals surface area contributed by atoms with Gasteiger partial charge >= 0.3 is 0 Å². The smallest absolute Gasteiger partial charge is 0.263 e. The van der Waals surface area contributed by atoms with Crippen LogP contribution in [0.1, 0.15) is 36.4 Å². The highest BCUT2D eigenvalue weighted by molar-refractivity contribution is 7.17. The van der Waals surface area contributed by atoms with E-state index < -0.39 is 0 Å². The lowest BCUT2D eigenvalue weighted by Crippen LogP contribution is -2.48. The zero-order valence-corrected chi connectivity index (χ0v) is 18.0. The van der Waals surface area contributed by atoms with Crippen molar-refractivity contribution in [3.05, 3.63) is 47.1 Å². The van der Waals surface area contributed by atoms with Gasteiger partial charge in [0.25, 0.3) is 5.91 Å². The van der Waals surface area contributed by atoms with Crippen LogP contribution >= 0.6 is 11.3 Å². The van der Waals surface area contributed by atoms with Crippen LogP contribution in [0, 0.1) is 11.7 Å². The van der Waals surface area contributed by atoms with Crippen LogP contribution in [-0.4, -0.2) is 60.6 Å². The van der Waals surface area contributed by atoms with Gasteiger partial charge in [-0.1, -0.05) is 12.1 Å². The van der Waals surface area contributed by atoms with E-state index in [4.69, 9.17) is 4.74 Å². The van der Waals surface area contributed by atoms with Crippen LogP contribution in [0.25, 0.3) is 10.4 Å². The van der Waals surface area contributed by atoms with Crippen LogP contribution in [0.3, 0.4) is 0 Å². The Bertz CT molecular complexity index is 820. The van der Waals surface area contributed by atoms with Crippen LogP contribution in [0.5, 0.6) is 0 Å². The molecule has 1 aromatic heterocycles. The third kappa shape index (κ3) is 5.05. The van der Waals surface area contributed by atoms with Crippen molar-refractivity contribution in [2.75, 3.05) is 32.7 Å². The first kappa shape index (κ1) is 20.5. The molecule has 0 aliphatic carbocycles. The van der Waals surface area contributed by atoms with Gasteiger partial charge in [0.2, 0.25) is 0 Å². The maximum Gasteiger partial charge on any atom is 0.263 e. The van der Waals surface area contributed by atoms with Gasteiger partial charge in [0.15, 0.2) is 0 Å². The lowest BCUT2D eigenvalue weighted by molar-refractivity contribution is -0.0728. The number of carbonyl (C=O) groups is 1. The number of piperidine rings is 1. The van der Waals surface area contributed by atoms with E-state index in [1.165, 1.54) is 23.5 Å². The average Bonchev–Trinajstić information content (AvgIpc) is 3.18. The second kappa shape index (κ2) is 8.94. The lowest BCUT2D eigenvalue weighted by Gasteiger charge is -2.39. The molecule has 2 aliphatic rings. The van der Waals surface area contributed by atoms with Gasteiger partial charge in [-0.3, -0.25) is 9.69 Å². The molecule has 4 rings (SSSR count). The second-order valence-electron chi connectivity index (χ2n) is 8.38. The highest BCUT2D eigenvalue weighted by atomic mass is 32.1. The van der Waals surface area contributed by atoms with Crippen LogP contribution < -0.4 is 0 Å². The molecule has 0 N–H and O–H groups in total. The predicted molar refractivity (Wildman–Crippen MR) is 115 cm³/mol. The van der Waals surface area contributed by atoms with Crippen molar-refractivity contribution < 1.29 is 13.9 Å². The van der Waals surface area contributed by atoms with E-state index in [9.17, 15) is 9.18 Å². The molecule has 0 radical (unpaired) electrons. The molecule has 1 aromatic carbocycles.